The van der Waals surface area contributed by atoms with Crippen LogP contribution < -0.4 is 15.0 Å². The third-order valence-electron chi connectivity index (χ3n) is 7.36. The van der Waals surface area contributed by atoms with Gasteiger partial charge in [0.25, 0.3) is 0 Å². The van der Waals surface area contributed by atoms with Gasteiger partial charge in [0.2, 0.25) is 5.95 Å². The lowest BCUT2D eigenvalue weighted by Gasteiger charge is -2.39. The van der Waals surface area contributed by atoms with E-state index in [0.717, 1.165) is 43.6 Å². The van der Waals surface area contributed by atoms with Gasteiger partial charge in [-0.15, -0.1) is 13.2 Å². The minimum atomic E-state index is -4.85. The predicted molar refractivity (Wildman–Crippen MR) is 156 cm³/mol. The third-order valence-corrected chi connectivity index (χ3v) is 7.61. The highest BCUT2D eigenvalue weighted by molar-refractivity contribution is 6.30. The summed E-state index contributed by atoms with van der Waals surface area (Å²) in [7, 11) is 0. The van der Waals surface area contributed by atoms with Crippen molar-refractivity contribution in [2.45, 2.75) is 45.0 Å². The SMILES string of the molecule is CC.O=C(NCc1ccnc(F)c1)N1CC2(CCN(C/C=C/c3ccc(Cl)cc3)CC2)c2ccc(OC(F)(F)F)cc21. The quantitative estimate of drug-likeness (QED) is 0.233. The van der Waals surface area contributed by atoms with Crippen LogP contribution in [0.5, 0.6) is 5.75 Å². The van der Waals surface area contributed by atoms with Gasteiger partial charge in [-0.1, -0.05) is 55.8 Å². The number of urea groups is 1. The Bertz CT molecular complexity index is 1390. The van der Waals surface area contributed by atoms with Crippen LogP contribution in [-0.2, 0) is 12.0 Å². The molecule has 1 fully saturated rings. The number of nitrogens with one attached hydrogen (secondary N) is 1. The molecule has 2 aliphatic heterocycles. The van der Waals surface area contributed by atoms with Crippen molar-refractivity contribution in [2.24, 2.45) is 0 Å². The molecule has 6 nitrogen and oxygen atoms in total. The molecule has 0 radical (unpaired) electrons. The topological polar surface area (TPSA) is 57.7 Å². The van der Waals surface area contributed by atoms with Crippen molar-refractivity contribution >= 4 is 29.4 Å². The summed E-state index contributed by atoms with van der Waals surface area (Å²) >= 11 is 5.95. The van der Waals surface area contributed by atoms with Gasteiger partial charge in [-0.3, -0.25) is 9.80 Å². The van der Waals surface area contributed by atoms with Crippen LogP contribution in [0.25, 0.3) is 6.08 Å². The Hall–Kier alpha value is -3.63. The lowest BCUT2D eigenvalue weighted by molar-refractivity contribution is -0.274. The zero-order chi connectivity index (χ0) is 30.3. The number of amides is 2. The zero-order valence-corrected chi connectivity index (χ0v) is 24.2. The molecule has 1 saturated heterocycles. The highest BCUT2D eigenvalue weighted by Gasteiger charge is 2.46. The van der Waals surface area contributed by atoms with Gasteiger partial charge in [0, 0.05) is 42.3 Å². The van der Waals surface area contributed by atoms with E-state index in [9.17, 15) is 22.4 Å². The van der Waals surface area contributed by atoms with Crippen LogP contribution in [0.15, 0.2) is 66.9 Å². The maximum absolute atomic E-state index is 13.5. The summed E-state index contributed by atoms with van der Waals surface area (Å²) in [6.45, 7) is 6.64. The number of alkyl halides is 3. The molecule has 3 heterocycles. The number of pyridine rings is 1. The number of nitrogens with zero attached hydrogens (tertiary/aromatic N) is 3. The number of fused-ring (bicyclic) bond motifs is 2. The summed E-state index contributed by atoms with van der Waals surface area (Å²) in [6, 6.07) is 14.1. The fourth-order valence-corrected chi connectivity index (χ4v) is 5.49. The second kappa shape index (κ2) is 13.6. The number of carbonyl (C=O) groups is 1. The van der Waals surface area contributed by atoms with Gasteiger partial charge in [-0.2, -0.15) is 4.39 Å². The summed E-state index contributed by atoms with van der Waals surface area (Å²) in [5, 5.41) is 3.44. The molecule has 0 saturated carbocycles. The van der Waals surface area contributed by atoms with Crippen molar-refractivity contribution in [3.05, 3.63) is 94.5 Å². The van der Waals surface area contributed by atoms with E-state index in [1.165, 1.54) is 29.3 Å². The van der Waals surface area contributed by atoms with Gasteiger partial charge < -0.3 is 10.1 Å². The number of ether oxygens (including phenoxy) is 1. The monoisotopic (exact) mass is 604 g/mol. The van der Waals surface area contributed by atoms with Crippen LogP contribution in [-0.4, -0.2) is 48.5 Å². The van der Waals surface area contributed by atoms with Crippen LogP contribution in [0.1, 0.15) is 43.4 Å². The lowest BCUT2D eigenvalue weighted by Crippen LogP contribution is -2.47. The number of hydrogen-bond donors (Lipinski definition) is 1. The van der Waals surface area contributed by atoms with Crippen molar-refractivity contribution in [1.29, 1.82) is 0 Å². The predicted octanol–water partition coefficient (Wildman–Crippen LogP) is 7.58. The number of aromatic nitrogens is 1. The van der Waals surface area contributed by atoms with Gasteiger partial charge in [0.05, 0.1) is 5.69 Å². The van der Waals surface area contributed by atoms with Crippen molar-refractivity contribution < 1.29 is 27.1 Å². The average molecular weight is 605 g/mol. The van der Waals surface area contributed by atoms with Crippen molar-refractivity contribution in [3.63, 3.8) is 0 Å². The Kier molecular flexibility index (Phi) is 10.1. The van der Waals surface area contributed by atoms with Crippen LogP contribution in [0.3, 0.4) is 0 Å². The first-order valence-electron chi connectivity index (χ1n) is 13.8. The first-order valence-corrected chi connectivity index (χ1v) is 14.2. The molecule has 224 valence electrons. The summed E-state index contributed by atoms with van der Waals surface area (Å²) in [4.78, 5) is 20.5. The minimum Gasteiger partial charge on any atom is -0.406 e. The molecular formula is C31H33ClF4N4O2. The second-order valence-electron chi connectivity index (χ2n) is 9.99. The molecule has 1 aromatic heterocycles. The van der Waals surface area contributed by atoms with Gasteiger partial charge in [-0.05, 0) is 73.0 Å². The Morgan fingerprint density at radius 1 is 1.10 bits per heavy atom. The van der Waals surface area contributed by atoms with Gasteiger partial charge in [0.1, 0.15) is 5.75 Å². The van der Waals surface area contributed by atoms with E-state index in [1.54, 1.807) is 12.1 Å². The number of rotatable bonds is 6. The highest BCUT2D eigenvalue weighted by atomic mass is 35.5. The Morgan fingerprint density at radius 3 is 2.48 bits per heavy atom. The molecule has 1 spiro atoms. The number of benzene rings is 2. The third kappa shape index (κ3) is 7.80. The van der Waals surface area contributed by atoms with Crippen LogP contribution in [0.2, 0.25) is 5.02 Å². The van der Waals surface area contributed by atoms with Gasteiger partial charge >= 0.3 is 12.4 Å². The lowest BCUT2D eigenvalue weighted by atomic mass is 9.74. The van der Waals surface area contributed by atoms with E-state index >= 15 is 0 Å². The van der Waals surface area contributed by atoms with Crippen LogP contribution >= 0.6 is 11.6 Å². The fraction of sp³-hybridized carbons (Fsp3) is 0.355. The average Bonchev–Trinajstić information content (AvgIpc) is 3.27. The summed E-state index contributed by atoms with van der Waals surface area (Å²) < 4.78 is 56.4. The smallest absolute Gasteiger partial charge is 0.406 e. The van der Waals surface area contributed by atoms with Crippen molar-refractivity contribution in [1.82, 2.24) is 15.2 Å². The second-order valence-corrected chi connectivity index (χ2v) is 10.4. The van der Waals surface area contributed by atoms with E-state index < -0.39 is 23.8 Å². The first kappa shape index (κ1) is 31.3. The molecule has 0 atom stereocenters. The minimum absolute atomic E-state index is 0.0452. The summed E-state index contributed by atoms with van der Waals surface area (Å²) in [5.41, 5.74) is 2.38. The molecule has 1 N–H and O–H groups in total. The standard InChI is InChI=1S/C29H27ClF4N4O2.C2H6/c30-22-5-3-20(4-6-22)2-1-13-37-14-10-28(11-15-37)19-38(27(39)36-18-21-9-12-35-26(31)16-21)25-17-23(7-8-24(25)28)40-29(32,33)34;1-2/h1-9,12,16-17H,10-11,13-15,18-19H2,(H,36,39);1-2H3/b2-1+;. The molecule has 11 heteroatoms. The summed E-state index contributed by atoms with van der Waals surface area (Å²) in [6.07, 6.45) is 2.03. The Labute approximate surface area is 247 Å². The molecule has 2 aliphatic rings. The zero-order valence-electron chi connectivity index (χ0n) is 23.4. The van der Waals surface area contributed by atoms with E-state index in [2.05, 4.69) is 26.0 Å². The van der Waals surface area contributed by atoms with E-state index in [4.69, 9.17) is 11.6 Å². The van der Waals surface area contributed by atoms with Crippen LogP contribution in [0, 0.1) is 5.95 Å². The summed E-state index contributed by atoms with van der Waals surface area (Å²) in [5.74, 6) is -1.05. The van der Waals surface area contributed by atoms with Gasteiger partial charge in [-0.25, -0.2) is 9.78 Å². The molecule has 5 rings (SSSR count). The molecule has 2 aromatic carbocycles. The Balaban J connectivity index is 0.00000198. The maximum Gasteiger partial charge on any atom is 0.573 e. The van der Waals surface area contributed by atoms with E-state index in [1.807, 2.05) is 44.2 Å². The number of carbonyl (C=O) groups excluding carboxylic acids is 1. The molecule has 2 amide bonds. The Morgan fingerprint density at radius 2 is 1.81 bits per heavy atom. The maximum atomic E-state index is 13.5. The number of hydrogen-bond acceptors (Lipinski definition) is 4. The highest BCUT2D eigenvalue weighted by Crippen LogP contribution is 2.48. The molecule has 42 heavy (non-hydrogen) atoms. The number of likely N-dealkylation sites (tertiary alicyclic amines) is 1. The number of anilines is 1. The van der Waals surface area contributed by atoms with E-state index in [-0.39, 0.29) is 12.3 Å². The molecule has 0 aliphatic carbocycles. The normalized spacial score (nSPS) is 16.2. The van der Waals surface area contributed by atoms with E-state index in [0.29, 0.717) is 22.8 Å². The fourth-order valence-electron chi connectivity index (χ4n) is 5.36. The van der Waals surface area contributed by atoms with Crippen molar-refractivity contribution in [2.75, 3.05) is 31.1 Å². The largest absolute Gasteiger partial charge is 0.573 e. The molecular weight excluding hydrogens is 572 g/mol. The van der Waals surface area contributed by atoms with Crippen molar-refractivity contribution in [3.8, 4) is 5.75 Å². The molecule has 3 aromatic rings. The molecule has 0 unspecified atom stereocenters. The molecule has 0 bridgehead atoms. The number of piperidine rings is 1. The van der Waals surface area contributed by atoms with Crippen LogP contribution in [0.4, 0.5) is 28.0 Å². The van der Waals surface area contributed by atoms with Gasteiger partial charge in [0.15, 0.2) is 0 Å². The first-order chi connectivity index (χ1) is 20.1. The number of halogens is 5.